The molecule has 2 saturated heterocycles. The fourth-order valence-corrected chi connectivity index (χ4v) is 7.46. The van der Waals surface area contributed by atoms with Crippen LogP contribution in [0.25, 0.3) is 11.1 Å². The Balaban J connectivity index is 1.20. The minimum atomic E-state index is -5.03. The molecule has 2 fully saturated rings. The van der Waals surface area contributed by atoms with Gasteiger partial charge in [0, 0.05) is 36.0 Å². The van der Waals surface area contributed by atoms with Gasteiger partial charge in [-0.1, -0.05) is 11.2 Å². The van der Waals surface area contributed by atoms with Crippen LogP contribution >= 0.6 is 11.3 Å². The second-order valence-corrected chi connectivity index (χ2v) is 16.1. The van der Waals surface area contributed by atoms with Gasteiger partial charge >= 0.3 is 16.4 Å². The van der Waals surface area contributed by atoms with E-state index in [0.29, 0.717) is 29.7 Å². The number of thiazole rings is 1. The van der Waals surface area contributed by atoms with Gasteiger partial charge in [-0.2, -0.15) is 13.5 Å². The molecular formula is C34H44N9O10S2+. The molecule has 2 amide bonds. The van der Waals surface area contributed by atoms with E-state index in [9.17, 15) is 27.9 Å². The van der Waals surface area contributed by atoms with Gasteiger partial charge in [0.1, 0.15) is 17.5 Å². The number of ether oxygens (including phenoxy) is 1. The number of pyridine rings is 1. The van der Waals surface area contributed by atoms with Crippen LogP contribution in [0.3, 0.4) is 0 Å². The predicted molar refractivity (Wildman–Crippen MR) is 199 cm³/mol. The van der Waals surface area contributed by atoms with Crippen molar-refractivity contribution in [1.82, 2.24) is 20.7 Å². The smallest absolute Gasteiger partial charge is 0.418 e. The molecule has 0 bridgehead atoms. The van der Waals surface area contributed by atoms with Crippen LogP contribution in [0.15, 0.2) is 47.1 Å². The fraction of sp³-hybridized carbons (Fsp3) is 0.471. The van der Waals surface area contributed by atoms with E-state index >= 15 is 0 Å². The first-order valence-electron chi connectivity index (χ1n) is 17.5. The summed E-state index contributed by atoms with van der Waals surface area (Å²) in [7, 11) is -5.03. The lowest BCUT2D eigenvalue weighted by Crippen LogP contribution is -2.76. The maximum absolute atomic E-state index is 13.6. The highest BCUT2D eigenvalue weighted by Gasteiger charge is 2.58. The number of hydroxylamine groups is 2. The average Bonchev–Trinajstić information content (AvgIpc) is 3.55. The minimum Gasteiger partial charge on any atom is -0.485 e. The summed E-state index contributed by atoms with van der Waals surface area (Å²) in [6.45, 7) is 8.19. The van der Waals surface area contributed by atoms with Gasteiger partial charge in [-0.3, -0.25) is 19.5 Å². The fourth-order valence-electron chi connectivity index (χ4n) is 6.45. The predicted octanol–water partition coefficient (Wildman–Crippen LogP) is 0.458. The molecular weight excluding hydrogens is 759 g/mol. The Labute approximate surface area is 320 Å². The van der Waals surface area contributed by atoms with E-state index in [1.54, 1.807) is 6.07 Å². The maximum atomic E-state index is 13.6. The Morgan fingerprint density at radius 1 is 1.25 bits per heavy atom. The summed E-state index contributed by atoms with van der Waals surface area (Å²) in [4.78, 5) is 48.8. The number of hydrogen-bond acceptors (Lipinski definition) is 15. The van der Waals surface area contributed by atoms with Crippen molar-refractivity contribution in [2.45, 2.75) is 69.9 Å². The molecule has 2 aromatic heterocycles. The number of aromatic nitrogens is 2. The number of anilines is 2. The second-order valence-electron chi connectivity index (χ2n) is 14.2. The first-order valence-corrected chi connectivity index (χ1v) is 19.8. The lowest BCUT2D eigenvalue weighted by atomic mass is 9.84. The molecule has 3 aliphatic rings. The number of nitrogens with two attached hydrogens (primary N) is 2. The van der Waals surface area contributed by atoms with Gasteiger partial charge in [0.2, 0.25) is 0 Å². The number of carboxylic acids is 1. The number of nitrogens with zero attached hydrogens (tertiary/aromatic N) is 4. The van der Waals surface area contributed by atoms with Gasteiger partial charge < -0.3 is 36.8 Å². The molecule has 9 N–H and O–H groups in total. The molecule has 296 valence electrons. The average molecular weight is 803 g/mol. The van der Waals surface area contributed by atoms with Crippen molar-refractivity contribution in [2.75, 3.05) is 37.2 Å². The number of nitrogens with one attached hydrogen (secondary N) is 3. The second kappa shape index (κ2) is 15.7. The molecule has 19 nitrogen and oxygen atoms in total. The van der Waals surface area contributed by atoms with Crippen LogP contribution in [-0.2, 0) is 46.9 Å². The van der Waals surface area contributed by atoms with Crippen molar-refractivity contribution in [3.8, 4) is 16.9 Å². The van der Waals surface area contributed by atoms with E-state index in [4.69, 9.17) is 25.6 Å². The Kier molecular flexibility index (Phi) is 11.3. The number of amides is 2. The molecule has 6 rings (SSSR count). The molecule has 3 atom stereocenters. The quantitative estimate of drug-likeness (QED) is 0.0259. The highest BCUT2D eigenvalue weighted by molar-refractivity contribution is 7.80. The number of benzene rings is 1. The zero-order valence-corrected chi connectivity index (χ0v) is 32.0. The van der Waals surface area contributed by atoms with E-state index in [2.05, 4.69) is 53.3 Å². The molecule has 0 aliphatic carbocycles. The van der Waals surface area contributed by atoms with Crippen LogP contribution < -0.4 is 36.7 Å². The lowest BCUT2D eigenvalue weighted by molar-refractivity contribution is -0.690. The zero-order chi connectivity index (χ0) is 39.7. The van der Waals surface area contributed by atoms with Crippen molar-refractivity contribution in [3.63, 3.8) is 0 Å². The molecule has 1 aromatic carbocycles. The monoisotopic (exact) mass is 802 g/mol. The van der Waals surface area contributed by atoms with Gasteiger partial charge in [-0.25, -0.2) is 14.3 Å². The molecule has 55 heavy (non-hydrogen) atoms. The topological polar surface area (TPSA) is 274 Å². The van der Waals surface area contributed by atoms with Crippen molar-refractivity contribution in [3.05, 3.63) is 53.2 Å². The summed E-state index contributed by atoms with van der Waals surface area (Å²) in [6.07, 6.45) is 2.61. The summed E-state index contributed by atoms with van der Waals surface area (Å²) in [5.74, 6) is -1.40. The van der Waals surface area contributed by atoms with E-state index in [1.807, 2.05) is 12.1 Å². The lowest BCUT2D eigenvalue weighted by Gasteiger charge is -2.50. The van der Waals surface area contributed by atoms with Crippen LogP contribution in [0.4, 0.5) is 10.9 Å². The van der Waals surface area contributed by atoms with Crippen LogP contribution in [0.2, 0.25) is 0 Å². The van der Waals surface area contributed by atoms with Crippen molar-refractivity contribution >= 4 is 56.2 Å². The van der Waals surface area contributed by atoms with E-state index in [0.717, 1.165) is 66.4 Å². The first kappa shape index (κ1) is 39.8. The number of hydrogen-bond donors (Lipinski definition) is 7. The van der Waals surface area contributed by atoms with Crippen LogP contribution in [0.5, 0.6) is 5.75 Å². The SMILES string of the molecule is CC1(C)[C@H](NC(=O)/C(=N\O[C@](C)(C(=O)O)[C@H]2CCc3cc(-c4ccc(NCCCN)[n+](CC5CNC5)c4)ccc3O2)c2csc(N)n2)C(=O)N1OS(=O)(=O)O. The van der Waals surface area contributed by atoms with E-state index < -0.39 is 57.2 Å². The van der Waals surface area contributed by atoms with Gasteiger partial charge in [-0.05, 0) is 75.9 Å². The summed E-state index contributed by atoms with van der Waals surface area (Å²) >= 11 is 0.975. The Hall–Kier alpha value is -4.93. The Morgan fingerprint density at radius 2 is 2.00 bits per heavy atom. The zero-order valence-electron chi connectivity index (χ0n) is 30.4. The third-order valence-corrected chi connectivity index (χ3v) is 10.8. The Bertz CT molecular complexity index is 2110. The summed E-state index contributed by atoms with van der Waals surface area (Å²) in [5, 5.41) is 25.4. The highest BCUT2D eigenvalue weighted by Crippen LogP contribution is 2.37. The number of nitrogen functional groups attached to an aromatic ring is 1. The summed E-state index contributed by atoms with van der Waals surface area (Å²) < 4.78 is 44.3. The van der Waals surface area contributed by atoms with Crippen molar-refractivity contribution in [1.29, 1.82) is 0 Å². The van der Waals surface area contributed by atoms with Gasteiger partial charge in [0.15, 0.2) is 16.9 Å². The minimum absolute atomic E-state index is 0.0662. The highest BCUT2D eigenvalue weighted by atomic mass is 32.3. The third-order valence-electron chi connectivity index (χ3n) is 9.84. The van der Waals surface area contributed by atoms with Gasteiger partial charge in [0.05, 0.1) is 24.8 Å². The van der Waals surface area contributed by atoms with E-state index in [1.165, 1.54) is 26.2 Å². The number of carbonyl (C=O) groups excluding carboxylic acids is 2. The number of aliphatic carboxylic acids is 1. The first-order chi connectivity index (χ1) is 26.0. The molecule has 0 unspecified atom stereocenters. The molecule has 0 radical (unpaired) electrons. The van der Waals surface area contributed by atoms with Gasteiger partial charge in [-0.15, -0.1) is 15.6 Å². The molecule has 3 aliphatic heterocycles. The number of aryl methyl sites for hydroxylation is 1. The maximum Gasteiger partial charge on any atom is 0.418 e. The van der Waals surface area contributed by atoms with E-state index in [-0.39, 0.29) is 17.2 Å². The van der Waals surface area contributed by atoms with Crippen molar-refractivity contribution < 1.29 is 50.9 Å². The van der Waals surface area contributed by atoms with Crippen LogP contribution in [-0.4, -0.2) is 101 Å². The molecule has 0 spiro atoms. The molecule has 21 heteroatoms. The summed E-state index contributed by atoms with van der Waals surface area (Å²) in [5.41, 5.74) is 10.2. The largest absolute Gasteiger partial charge is 0.485 e. The number of carbonyl (C=O) groups is 3. The molecule has 3 aromatic rings. The van der Waals surface area contributed by atoms with Crippen molar-refractivity contribution in [2.24, 2.45) is 16.8 Å². The van der Waals surface area contributed by atoms with Crippen LogP contribution in [0.1, 0.15) is 44.9 Å². The Morgan fingerprint density at radius 3 is 2.62 bits per heavy atom. The molecule has 0 saturated carbocycles. The normalized spacial score (nSPS) is 20.6. The van der Waals surface area contributed by atoms with Crippen LogP contribution in [0, 0.1) is 5.92 Å². The molecule has 5 heterocycles. The number of fused-ring (bicyclic) bond motifs is 1. The number of β-lactam (4-membered cyclic amide) rings is 1. The third kappa shape index (κ3) is 8.50. The number of carboxylic acid groups (broad SMARTS) is 1. The number of rotatable bonds is 16. The number of oxime groups is 1. The summed E-state index contributed by atoms with van der Waals surface area (Å²) in [6, 6.07) is 8.50. The standard InChI is InChI=1S/C34H43N9O10S2/c1-33(2)28(30(45)43(33)53-55(48,49)50)40-29(44)27(23-18-54-32(36)39-23)41-52-34(3,31(46)47)25-9-6-21-13-20(5-8-24(21)51-25)22-7-10-26(38-12-4-11-35)42(17-22)16-19-14-37-15-19/h5,7-8,10,13,17-19,25,28,37H,4,6,9,11-12,14-16,35H2,1-3H3,(H5,36,39,40,44,46,47,48,49,50)/p+1/b41-27-/t25-,28-,34+/m1/s1. The van der Waals surface area contributed by atoms with Gasteiger partial charge in [0.25, 0.3) is 23.2 Å².